The van der Waals surface area contributed by atoms with Gasteiger partial charge < -0.3 is 15.6 Å². The Morgan fingerprint density at radius 1 is 1.39 bits per heavy atom. The molecule has 0 aromatic heterocycles. The van der Waals surface area contributed by atoms with Crippen LogP contribution in [0.25, 0.3) is 0 Å². The molecule has 0 spiro atoms. The van der Waals surface area contributed by atoms with Gasteiger partial charge in [0.25, 0.3) is 0 Å². The standard InChI is InChI=1S/C13H17ClFNO2/c14-10-5-9(6-11(15)7-10)12(17)13(8-16)1-3-18-4-2-13/h5-7,12,17H,1-4,8,16H2. The monoisotopic (exact) mass is 273 g/mol. The minimum Gasteiger partial charge on any atom is -0.388 e. The predicted molar refractivity (Wildman–Crippen MR) is 67.9 cm³/mol. The lowest BCUT2D eigenvalue weighted by atomic mass is 9.73. The van der Waals surface area contributed by atoms with E-state index >= 15 is 0 Å². The van der Waals surface area contributed by atoms with E-state index in [-0.39, 0.29) is 5.02 Å². The first kappa shape index (κ1) is 13.7. The molecule has 1 fully saturated rings. The Bertz CT molecular complexity index is 401. The molecule has 18 heavy (non-hydrogen) atoms. The molecule has 1 saturated heterocycles. The molecular formula is C13H17ClFNO2. The van der Waals surface area contributed by atoms with Gasteiger partial charge in [-0.1, -0.05) is 11.6 Å². The predicted octanol–water partition coefficient (Wildman–Crippen LogP) is 2.27. The lowest BCUT2D eigenvalue weighted by Crippen LogP contribution is -2.41. The highest BCUT2D eigenvalue weighted by molar-refractivity contribution is 6.30. The van der Waals surface area contributed by atoms with Gasteiger partial charge in [0.2, 0.25) is 0 Å². The Balaban J connectivity index is 2.30. The van der Waals surface area contributed by atoms with Gasteiger partial charge in [0.15, 0.2) is 0 Å². The van der Waals surface area contributed by atoms with E-state index in [1.807, 2.05) is 0 Å². The summed E-state index contributed by atoms with van der Waals surface area (Å²) < 4.78 is 18.6. The summed E-state index contributed by atoms with van der Waals surface area (Å²) in [5.74, 6) is -0.448. The quantitative estimate of drug-likeness (QED) is 0.888. The van der Waals surface area contributed by atoms with Gasteiger partial charge in [-0.2, -0.15) is 0 Å². The molecule has 100 valence electrons. The second-order valence-corrected chi connectivity index (χ2v) is 5.22. The fourth-order valence-electron chi connectivity index (χ4n) is 2.45. The smallest absolute Gasteiger partial charge is 0.125 e. The van der Waals surface area contributed by atoms with Gasteiger partial charge in [-0.05, 0) is 36.6 Å². The third-order valence-corrected chi connectivity index (χ3v) is 3.89. The van der Waals surface area contributed by atoms with Crippen molar-refractivity contribution >= 4 is 11.6 Å². The van der Waals surface area contributed by atoms with E-state index in [9.17, 15) is 9.50 Å². The van der Waals surface area contributed by atoms with Crippen molar-refractivity contribution in [1.82, 2.24) is 0 Å². The van der Waals surface area contributed by atoms with Crippen LogP contribution in [0.15, 0.2) is 18.2 Å². The minimum absolute atomic E-state index is 0.281. The summed E-state index contributed by atoms with van der Waals surface area (Å²) in [5, 5.41) is 10.8. The topological polar surface area (TPSA) is 55.5 Å². The number of hydrogen-bond acceptors (Lipinski definition) is 3. The summed E-state index contributed by atoms with van der Waals surface area (Å²) in [6.45, 7) is 1.47. The molecule has 3 nitrogen and oxygen atoms in total. The van der Waals surface area contributed by atoms with Crippen molar-refractivity contribution in [2.75, 3.05) is 19.8 Å². The molecule has 0 amide bonds. The molecule has 2 rings (SSSR count). The van der Waals surface area contributed by atoms with Crippen molar-refractivity contribution in [3.8, 4) is 0 Å². The number of hydrogen-bond donors (Lipinski definition) is 2. The van der Waals surface area contributed by atoms with Crippen molar-refractivity contribution in [1.29, 1.82) is 0 Å². The summed E-state index contributed by atoms with van der Waals surface area (Å²) in [6, 6.07) is 4.11. The van der Waals surface area contributed by atoms with Crippen LogP contribution < -0.4 is 5.73 Å². The summed E-state index contributed by atoms with van der Waals surface area (Å²) in [6.07, 6.45) is 0.511. The summed E-state index contributed by atoms with van der Waals surface area (Å²) in [4.78, 5) is 0. The fourth-order valence-corrected chi connectivity index (χ4v) is 2.68. The van der Waals surface area contributed by atoms with Crippen molar-refractivity contribution < 1.29 is 14.2 Å². The van der Waals surface area contributed by atoms with Gasteiger partial charge in [-0.3, -0.25) is 0 Å². The van der Waals surface area contributed by atoms with Crippen LogP contribution in [-0.2, 0) is 4.74 Å². The molecule has 1 aromatic carbocycles. The van der Waals surface area contributed by atoms with Crippen LogP contribution in [-0.4, -0.2) is 24.9 Å². The van der Waals surface area contributed by atoms with Crippen LogP contribution in [0.4, 0.5) is 4.39 Å². The maximum atomic E-state index is 13.3. The molecule has 0 bridgehead atoms. The molecule has 1 unspecified atom stereocenters. The van der Waals surface area contributed by atoms with Crippen LogP contribution >= 0.6 is 11.6 Å². The average Bonchev–Trinajstić information content (AvgIpc) is 2.37. The number of ether oxygens (including phenoxy) is 1. The van der Waals surface area contributed by atoms with Gasteiger partial charge >= 0.3 is 0 Å². The van der Waals surface area contributed by atoms with Crippen molar-refractivity contribution in [2.24, 2.45) is 11.1 Å². The molecule has 1 aliphatic heterocycles. The Labute approximate surface area is 111 Å². The van der Waals surface area contributed by atoms with Gasteiger partial charge in [-0.15, -0.1) is 0 Å². The van der Waals surface area contributed by atoms with Gasteiger partial charge in [0, 0.05) is 30.2 Å². The Kier molecular flexibility index (Phi) is 4.22. The first-order valence-corrected chi connectivity index (χ1v) is 6.37. The summed E-state index contributed by atoms with van der Waals surface area (Å²) >= 11 is 5.81. The first-order chi connectivity index (χ1) is 8.57. The Morgan fingerprint density at radius 3 is 2.61 bits per heavy atom. The molecule has 0 saturated carbocycles. The third-order valence-electron chi connectivity index (χ3n) is 3.68. The second-order valence-electron chi connectivity index (χ2n) is 4.78. The molecule has 3 N–H and O–H groups in total. The van der Waals surface area contributed by atoms with E-state index in [0.717, 1.165) is 0 Å². The number of aliphatic hydroxyl groups excluding tert-OH is 1. The maximum Gasteiger partial charge on any atom is 0.125 e. The fraction of sp³-hybridized carbons (Fsp3) is 0.538. The molecule has 0 aliphatic carbocycles. The third kappa shape index (κ3) is 2.67. The lowest BCUT2D eigenvalue weighted by molar-refractivity contribution is -0.0582. The number of aliphatic hydroxyl groups is 1. The molecule has 1 atom stereocenters. The van der Waals surface area contributed by atoms with Gasteiger partial charge in [0.05, 0.1) is 6.10 Å². The van der Waals surface area contributed by atoms with Crippen LogP contribution in [0.5, 0.6) is 0 Å². The number of benzene rings is 1. The summed E-state index contributed by atoms with van der Waals surface area (Å²) in [7, 11) is 0. The van der Waals surface area contributed by atoms with Gasteiger partial charge in [0.1, 0.15) is 5.82 Å². The normalized spacial score (nSPS) is 20.7. The van der Waals surface area contributed by atoms with Crippen LogP contribution in [0.2, 0.25) is 5.02 Å². The summed E-state index contributed by atoms with van der Waals surface area (Å²) in [5.41, 5.74) is 5.84. The van der Waals surface area contributed by atoms with E-state index in [0.29, 0.717) is 38.2 Å². The van der Waals surface area contributed by atoms with Crippen molar-refractivity contribution in [2.45, 2.75) is 18.9 Å². The second kappa shape index (κ2) is 5.53. The van der Waals surface area contributed by atoms with Crippen LogP contribution in [0.1, 0.15) is 24.5 Å². The molecule has 1 aliphatic rings. The van der Waals surface area contributed by atoms with Crippen molar-refractivity contribution in [3.63, 3.8) is 0 Å². The molecule has 0 radical (unpaired) electrons. The van der Waals surface area contributed by atoms with Gasteiger partial charge in [-0.25, -0.2) is 4.39 Å². The Hall–Kier alpha value is -0.680. The van der Waals surface area contributed by atoms with E-state index in [4.69, 9.17) is 22.1 Å². The number of halogens is 2. The zero-order chi connectivity index (χ0) is 13.2. The highest BCUT2D eigenvalue weighted by Gasteiger charge is 2.39. The minimum atomic E-state index is -0.820. The molecule has 1 heterocycles. The molecule has 5 heteroatoms. The highest BCUT2D eigenvalue weighted by atomic mass is 35.5. The SMILES string of the molecule is NCC1(C(O)c2cc(F)cc(Cl)c2)CCOCC1. The maximum absolute atomic E-state index is 13.3. The van der Waals surface area contributed by atoms with Crippen molar-refractivity contribution in [3.05, 3.63) is 34.6 Å². The molecule has 1 aromatic rings. The Morgan fingerprint density at radius 2 is 2.06 bits per heavy atom. The van der Waals surface area contributed by atoms with E-state index in [2.05, 4.69) is 0 Å². The largest absolute Gasteiger partial charge is 0.388 e. The zero-order valence-corrected chi connectivity index (χ0v) is 10.8. The number of rotatable bonds is 3. The lowest BCUT2D eigenvalue weighted by Gasteiger charge is -2.40. The van der Waals surface area contributed by atoms with E-state index < -0.39 is 17.3 Å². The highest BCUT2D eigenvalue weighted by Crippen LogP contribution is 2.42. The zero-order valence-electron chi connectivity index (χ0n) is 10.0. The van der Waals surface area contributed by atoms with E-state index in [1.165, 1.54) is 12.1 Å². The van der Waals surface area contributed by atoms with Crippen LogP contribution in [0, 0.1) is 11.2 Å². The molecular weight excluding hydrogens is 257 g/mol. The van der Waals surface area contributed by atoms with Crippen LogP contribution in [0.3, 0.4) is 0 Å². The average molecular weight is 274 g/mol. The number of nitrogens with two attached hydrogens (primary N) is 1. The van der Waals surface area contributed by atoms with E-state index in [1.54, 1.807) is 6.07 Å². The first-order valence-electron chi connectivity index (χ1n) is 5.99.